The highest BCUT2D eigenvalue weighted by Crippen LogP contribution is 2.27. The highest BCUT2D eigenvalue weighted by Gasteiger charge is 2.18. The molecule has 1 heterocycles. The molecule has 0 unspecified atom stereocenters. The lowest BCUT2D eigenvalue weighted by Gasteiger charge is -2.11. The number of amides is 1. The molecule has 0 aliphatic heterocycles. The molecular weight excluding hydrogens is 298 g/mol. The predicted octanol–water partition coefficient (Wildman–Crippen LogP) is 4.05. The molecule has 3 rings (SSSR count). The van der Waals surface area contributed by atoms with E-state index in [1.807, 2.05) is 16.8 Å². The number of rotatable bonds is 6. The Bertz CT molecular complexity index is 681. The molecule has 1 aliphatic rings. The Labute approximate surface area is 144 Å². The zero-order valence-corrected chi connectivity index (χ0v) is 14.7. The highest BCUT2D eigenvalue weighted by molar-refractivity contribution is 5.95. The monoisotopic (exact) mass is 325 g/mol. The van der Waals surface area contributed by atoms with Crippen LogP contribution >= 0.6 is 0 Å². The quantitative estimate of drug-likeness (QED) is 0.871. The number of nitrogens with zero attached hydrogens (tertiary/aromatic N) is 2. The Morgan fingerprint density at radius 3 is 2.62 bits per heavy atom. The van der Waals surface area contributed by atoms with Gasteiger partial charge in [-0.3, -0.25) is 4.79 Å². The van der Waals surface area contributed by atoms with Crippen molar-refractivity contribution in [3.8, 4) is 5.69 Å². The summed E-state index contributed by atoms with van der Waals surface area (Å²) in [5, 5.41) is 7.53. The van der Waals surface area contributed by atoms with E-state index in [1.165, 1.54) is 31.2 Å². The average molecular weight is 325 g/mol. The van der Waals surface area contributed by atoms with Crippen molar-refractivity contribution in [3.63, 3.8) is 0 Å². The number of hydrogen-bond acceptors (Lipinski definition) is 2. The molecule has 1 N–H and O–H groups in total. The molecule has 4 nitrogen and oxygen atoms in total. The number of carbonyl (C=O) groups excluding carboxylic acids is 1. The number of hydrogen-bond donors (Lipinski definition) is 1. The van der Waals surface area contributed by atoms with Crippen molar-refractivity contribution in [2.24, 2.45) is 5.92 Å². The van der Waals surface area contributed by atoms with Gasteiger partial charge in [0.25, 0.3) is 5.91 Å². The van der Waals surface area contributed by atoms with Gasteiger partial charge in [0, 0.05) is 6.54 Å². The van der Waals surface area contributed by atoms with E-state index in [0.717, 1.165) is 36.7 Å². The van der Waals surface area contributed by atoms with Gasteiger partial charge in [0.05, 0.1) is 23.1 Å². The predicted molar refractivity (Wildman–Crippen MR) is 96.6 cm³/mol. The summed E-state index contributed by atoms with van der Waals surface area (Å²) in [7, 11) is 0. The van der Waals surface area contributed by atoms with Crippen molar-refractivity contribution in [2.75, 3.05) is 6.54 Å². The minimum Gasteiger partial charge on any atom is -0.352 e. The Morgan fingerprint density at radius 1 is 1.25 bits per heavy atom. The summed E-state index contributed by atoms with van der Waals surface area (Å²) in [5.41, 5.74) is 3.89. The van der Waals surface area contributed by atoms with E-state index >= 15 is 0 Å². The maximum Gasteiger partial charge on any atom is 0.254 e. The topological polar surface area (TPSA) is 46.9 Å². The summed E-state index contributed by atoms with van der Waals surface area (Å²) in [6.07, 6.45) is 8.91. The molecule has 0 atom stereocenters. The van der Waals surface area contributed by atoms with Gasteiger partial charge < -0.3 is 5.32 Å². The van der Waals surface area contributed by atoms with Crippen molar-refractivity contribution < 1.29 is 4.79 Å². The van der Waals surface area contributed by atoms with Gasteiger partial charge in [-0.05, 0) is 37.8 Å². The van der Waals surface area contributed by atoms with E-state index in [2.05, 4.69) is 36.4 Å². The summed E-state index contributed by atoms with van der Waals surface area (Å²) in [5.74, 6) is 0.800. The fourth-order valence-corrected chi connectivity index (χ4v) is 3.60. The largest absolute Gasteiger partial charge is 0.352 e. The normalized spacial score (nSPS) is 14.9. The van der Waals surface area contributed by atoms with Gasteiger partial charge in [-0.2, -0.15) is 5.10 Å². The van der Waals surface area contributed by atoms with Gasteiger partial charge in [-0.15, -0.1) is 0 Å². The van der Waals surface area contributed by atoms with Crippen molar-refractivity contribution in [2.45, 2.75) is 52.4 Å². The lowest BCUT2D eigenvalue weighted by Crippen LogP contribution is -2.26. The molecule has 1 aromatic heterocycles. The number of carbonyl (C=O) groups is 1. The van der Waals surface area contributed by atoms with E-state index in [4.69, 9.17) is 0 Å². The first kappa shape index (κ1) is 16.7. The summed E-state index contributed by atoms with van der Waals surface area (Å²) in [6, 6.07) is 8.22. The van der Waals surface area contributed by atoms with E-state index in [0.29, 0.717) is 5.56 Å². The van der Waals surface area contributed by atoms with Crippen LogP contribution in [0.15, 0.2) is 30.5 Å². The zero-order chi connectivity index (χ0) is 16.9. The molecule has 1 amide bonds. The Balaban J connectivity index is 1.68. The lowest BCUT2D eigenvalue weighted by molar-refractivity contribution is 0.0950. The summed E-state index contributed by atoms with van der Waals surface area (Å²) in [6.45, 7) is 4.90. The van der Waals surface area contributed by atoms with Crippen LogP contribution in [0.3, 0.4) is 0 Å². The second-order valence-corrected chi connectivity index (χ2v) is 6.80. The molecule has 1 saturated carbocycles. The molecule has 1 fully saturated rings. The Morgan fingerprint density at radius 2 is 1.96 bits per heavy atom. The minimum atomic E-state index is 0.00297. The van der Waals surface area contributed by atoms with Gasteiger partial charge in [-0.1, -0.05) is 50.3 Å². The van der Waals surface area contributed by atoms with E-state index < -0.39 is 0 Å². The molecule has 1 aliphatic carbocycles. The summed E-state index contributed by atoms with van der Waals surface area (Å²) < 4.78 is 1.88. The average Bonchev–Trinajstić information content (AvgIpc) is 3.24. The summed E-state index contributed by atoms with van der Waals surface area (Å²) in [4.78, 5) is 12.5. The standard InChI is InChI=1S/C20H27N3O/c1-3-19-18(20(24)21-13-12-16-6-4-5-7-16)14-22-23(19)17-10-8-15(2)9-11-17/h8-11,14,16H,3-7,12-13H2,1-2H3,(H,21,24). The van der Waals surface area contributed by atoms with Crippen LogP contribution in [-0.4, -0.2) is 22.2 Å². The van der Waals surface area contributed by atoms with Crippen LogP contribution in [-0.2, 0) is 6.42 Å². The number of aryl methyl sites for hydroxylation is 1. The van der Waals surface area contributed by atoms with Crippen molar-refractivity contribution in [1.29, 1.82) is 0 Å². The number of aromatic nitrogens is 2. The van der Waals surface area contributed by atoms with Gasteiger partial charge >= 0.3 is 0 Å². The van der Waals surface area contributed by atoms with Gasteiger partial charge in [0.15, 0.2) is 0 Å². The summed E-state index contributed by atoms with van der Waals surface area (Å²) >= 11 is 0. The first-order chi connectivity index (χ1) is 11.7. The lowest BCUT2D eigenvalue weighted by atomic mass is 10.0. The van der Waals surface area contributed by atoms with E-state index in [9.17, 15) is 4.79 Å². The van der Waals surface area contributed by atoms with E-state index in [-0.39, 0.29) is 5.91 Å². The molecule has 2 aromatic rings. The third-order valence-electron chi connectivity index (χ3n) is 5.04. The van der Waals surface area contributed by atoms with Gasteiger partial charge in [0.2, 0.25) is 0 Å². The van der Waals surface area contributed by atoms with Crippen LogP contribution in [0, 0.1) is 12.8 Å². The van der Waals surface area contributed by atoms with Crippen LogP contribution in [0.4, 0.5) is 0 Å². The third kappa shape index (κ3) is 3.69. The highest BCUT2D eigenvalue weighted by atomic mass is 16.1. The SMILES string of the molecule is CCc1c(C(=O)NCCC2CCCC2)cnn1-c1ccc(C)cc1. The minimum absolute atomic E-state index is 0.00297. The van der Waals surface area contributed by atoms with Crippen molar-refractivity contribution >= 4 is 5.91 Å². The Hall–Kier alpha value is -2.10. The van der Waals surface area contributed by atoms with E-state index in [1.54, 1.807) is 6.20 Å². The molecule has 0 radical (unpaired) electrons. The van der Waals surface area contributed by atoms with Crippen LogP contribution < -0.4 is 5.32 Å². The van der Waals surface area contributed by atoms with Crippen LogP contribution in [0.25, 0.3) is 5.69 Å². The number of benzene rings is 1. The maximum absolute atomic E-state index is 12.5. The second-order valence-electron chi connectivity index (χ2n) is 6.80. The molecule has 0 bridgehead atoms. The Kier molecular flexibility index (Phi) is 5.34. The van der Waals surface area contributed by atoms with Crippen molar-refractivity contribution in [3.05, 3.63) is 47.3 Å². The molecule has 4 heteroatoms. The van der Waals surface area contributed by atoms with Crippen molar-refractivity contribution in [1.82, 2.24) is 15.1 Å². The fraction of sp³-hybridized carbons (Fsp3) is 0.500. The van der Waals surface area contributed by atoms with Crippen LogP contribution in [0.1, 0.15) is 60.6 Å². The molecule has 24 heavy (non-hydrogen) atoms. The first-order valence-electron chi connectivity index (χ1n) is 9.11. The third-order valence-corrected chi connectivity index (χ3v) is 5.04. The molecular formula is C20H27N3O. The molecule has 0 saturated heterocycles. The number of nitrogens with one attached hydrogen (secondary N) is 1. The van der Waals surface area contributed by atoms with Crippen LogP contribution in [0.2, 0.25) is 0 Å². The molecule has 0 spiro atoms. The van der Waals surface area contributed by atoms with Gasteiger partial charge in [-0.25, -0.2) is 4.68 Å². The smallest absolute Gasteiger partial charge is 0.254 e. The van der Waals surface area contributed by atoms with Crippen LogP contribution in [0.5, 0.6) is 0 Å². The zero-order valence-electron chi connectivity index (χ0n) is 14.7. The second kappa shape index (κ2) is 7.65. The molecule has 1 aromatic carbocycles. The molecule has 128 valence electrons. The fourth-order valence-electron chi connectivity index (χ4n) is 3.60. The maximum atomic E-state index is 12.5. The first-order valence-corrected chi connectivity index (χ1v) is 9.11. The van der Waals surface area contributed by atoms with Gasteiger partial charge in [0.1, 0.15) is 0 Å².